The summed E-state index contributed by atoms with van der Waals surface area (Å²) >= 11 is 0.414. The molecule has 0 aliphatic rings. The molecule has 0 radical (unpaired) electrons. The molecule has 1 rings (SSSR count). The van der Waals surface area contributed by atoms with Crippen LogP contribution in [0.1, 0.15) is 22.4 Å². The van der Waals surface area contributed by atoms with Crippen LogP contribution in [0, 0.1) is 0 Å². The van der Waals surface area contributed by atoms with Crippen molar-refractivity contribution in [3.63, 3.8) is 0 Å². The first-order chi connectivity index (χ1) is 6.45. The van der Waals surface area contributed by atoms with E-state index in [1.165, 1.54) is 0 Å². The summed E-state index contributed by atoms with van der Waals surface area (Å²) in [7, 11) is 0. The van der Waals surface area contributed by atoms with Gasteiger partial charge in [-0.1, -0.05) is 0 Å². The van der Waals surface area contributed by atoms with Crippen LogP contribution >= 0.6 is 11.3 Å². The van der Waals surface area contributed by atoms with E-state index in [1.807, 2.05) is 0 Å². The van der Waals surface area contributed by atoms with Gasteiger partial charge in [-0.2, -0.15) is 13.2 Å². The molecule has 0 aliphatic heterocycles. The first kappa shape index (κ1) is 11.0. The molecule has 0 spiro atoms. The van der Waals surface area contributed by atoms with Gasteiger partial charge < -0.3 is 5.32 Å². The number of hydrogen-bond donors (Lipinski definition) is 1. The van der Waals surface area contributed by atoms with Crippen molar-refractivity contribution in [2.75, 3.05) is 6.54 Å². The summed E-state index contributed by atoms with van der Waals surface area (Å²) in [6, 6.07) is 0. The Hall–Kier alpha value is -1.11. The van der Waals surface area contributed by atoms with E-state index < -0.39 is 17.1 Å². The van der Waals surface area contributed by atoms with Crippen LogP contribution in [0.25, 0.3) is 0 Å². The van der Waals surface area contributed by atoms with Gasteiger partial charge in [0.1, 0.15) is 5.69 Å². The van der Waals surface area contributed by atoms with Crippen molar-refractivity contribution in [2.45, 2.75) is 13.1 Å². The van der Waals surface area contributed by atoms with Crippen LogP contribution in [0.3, 0.4) is 0 Å². The lowest BCUT2D eigenvalue weighted by atomic mass is 10.4. The zero-order valence-corrected chi connectivity index (χ0v) is 8.00. The molecule has 7 heteroatoms. The third-order valence-corrected chi connectivity index (χ3v) is 2.20. The van der Waals surface area contributed by atoms with E-state index in [9.17, 15) is 18.0 Å². The predicted molar refractivity (Wildman–Crippen MR) is 45.1 cm³/mol. The Balaban J connectivity index is 2.83. The molecule has 0 aromatic carbocycles. The fourth-order valence-electron chi connectivity index (χ4n) is 0.759. The van der Waals surface area contributed by atoms with Crippen molar-refractivity contribution in [1.82, 2.24) is 10.3 Å². The van der Waals surface area contributed by atoms with Crippen LogP contribution in [0.15, 0.2) is 5.38 Å². The molecule has 1 N–H and O–H groups in total. The highest BCUT2D eigenvalue weighted by molar-refractivity contribution is 7.09. The summed E-state index contributed by atoms with van der Waals surface area (Å²) in [4.78, 5) is 14.2. The van der Waals surface area contributed by atoms with Crippen molar-refractivity contribution < 1.29 is 18.0 Å². The van der Waals surface area contributed by atoms with E-state index in [1.54, 1.807) is 6.92 Å². The summed E-state index contributed by atoms with van der Waals surface area (Å²) in [6.45, 7) is 2.03. The minimum absolute atomic E-state index is 0.191. The Morgan fingerprint density at radius 2 is 2.29 bits per heavy atom. The number of aromatic nitrogens is 1. The fraction of sp³-hybridized carbons (Fsp3) is 0.429. The first-order valence-corrected chi connectivity index (χ1v) is 4.64. The monoisotopic (exact) mass is 224 g/mol. The Kier molecular flexibility index (Phi) is 3.10. The first-order valence-electron chi connectivity index (χ1n) is 3.76. The van der Waals surface area contributed by atoms with Crippen LogP contribution < -0.4 is 5.32 Å². The average Bonchev–Trinajstić information content (AvgIpc) is 2.51. The molecule has 0 fully saturated rings. The maximum absolute atomic E-state index is 12.1. The summed E-state index contributed by atoms with van der Waals surface area (Å²) in [5.41, 5.74) is -0.191. The van der Waals surface area contributed by atoms with Crippen molar-refractivity contribution in [2.24, 2.45) is 0 Å². The summed E-state index contributed by atoms with van der Waals surface area (Å²) in [5.74, 6) is -0.584. The van der Waals surface area contributed by atoms with Gasteiger partial charge >= 0.3 is 6.18 Å². The third-order valence-electron chi connectivity index (χ3n) is 1.32. The number of hydrogen-bond acceptors (Lipinski definition) is 3. The van der Waals surface area contributed by atoms with E-state index in [0.717, 1.165) is 5.38 Å². The Labute approximate surface area is 82.0 Å². The van der Waals surface area contributed by atoms with Gasteiger partial charge in [0, 0.05) is 11.9 Å². The standard InChI is InChI=1S/C7H7F3N2OS/c1-2-11-5(13)4-3-14-6(12-4)7(8,9)10/h3H,2H2,1H3,(H,11,13). The lowest BCUT2D eigenvalue weighted by Crippen LogP contribution is -2.23. The molecule has 1 amide bonds. The van der Waals surface area contributed by atoms with E-state index in [-0.39, 0.29) is 5.69 Å². The number of nitrogens with zero attached hydrogens (tertiary/aromatic N) is 1. The predicted octanol–water partition coefficient (Wildman–Crippen LogP) is 1.91. The summed E-state index contributed by atoms with van der Waals surface area (Å²) in [5, 5.41) is 2.45. The minimum atomic E-state index is -4.48. The lowest BCUT2D eigenvalue weighted by molar-refractivity contribution is -0.137. The number of rotatable bonds is 2. The van der Waals surface area contributed by atoms with E-state index >= 15 is 0 Å². The molecule has 0 atom stereocenters. The van der Waals surface area contributed by atoms with Gasteiger partial charge in [-0.3, -0.25) is 4.79 Å². The molecule has 0 bridgehead atoms. The number of alkyl halides is 3. The topological polar surface area (TPSA) is 42.0 Å². The minimum Gasteiger partial charge on any atom is -0.351 e. The molecule has 1 heterocycles. The summed E-state index contributed by atoms with van der Waals surface area (Å²) in [6.07, 6.45) is -4.48. The zero-order chi connectivity index (χ0) is 10.8. The molecule has 0 saturated heterocycles. The normalized spacial score (nSPS) is 11.4. The van der Waals surface area contributed by atoms with Crippen LogP contribution in [-0.4, -0.2) is 17.4 Å². The maximum Gasteiger partial charge on any atom is 0.443 e. The number of amides is 1. The van der Waals surface area contributed by atoms with Gasteiger partial charge in [0.2, 0.25) is 0 Å². The number of halogens is 3. The second-order valence-corrected chi connectivity index (χ2v) is 3.25. The van der Waals surface area contributed by atoms with E-state index in [2.05, 4.69) is 10.3 Å². The Morgan fingerprint density at radius 3 is 2.71 bits per heavy atom. The van der Waals surface area contributed by atoms with Gasteiger partial charge in [0.25, 0.3) is 5.91 Å². The largest absolute Gasteiger partial charge is 0.443 e. The van der Waals surface area contributed by atoms with Crippen molar-refractivity contribution in [3.8, 4) is 0 Å². The Morgan fingerprint density at radius 1 is 1.64 bits per heavy atom. The second-order valence-electron chi connectivity index (χ2n) is 2.40. The molecular weight excluding hydrogens is 217 g/mol. The zero-order valence-electron chi connectivity index (χ0n) is 7.18. The van der Waals surface area contributed by atoms with Gasteiger partial charge in [0.05, 0.1) is 0 Å². The lowest BCUT2D eigenvalue weighted by Gasteiger charge is -1.99. The highest BCUT2D eigenvalue weighted by Gasteiger charge is 2.35. The molecule has 1 aromatic rings. The van der Waals surface area contributed by atoms with Gasteiger partial charge in [0.15, 0.2) is 5.01 Å². The number of carbonyl (C=O) groups excluding carboxylic acids is 1. The molecule has 1 aromatic heterocycles. The van der Waals surface area contributed by atoms with Crippen molar-refractivity contribution in [3.05, 3.63) is 16.1 Å². The summed E-state index contributed by atoms with van der Waals surface area (Å²) < 4.78 is 36.2. The van der Waals surface area contributed by atoms with Gasteiger partial charge in [-0.25, -0.2) is 4.98 Å². The van der Waals surface area contributed by atoms with Gasteiger partial charge in [-0.15, -0.1) is 11.3 Å². The molecule has 0 aliphatic carbocycles. The quantitative estimate of drug-likeness (QED) is 0.833. The third kappa shape index (κ3) is 2.44. The molecule has 78 valence electrons. The number of thiazole rings is 1. The Bertz CT molecular complexity index is 334. The SMILES string of the molecule is CCNC(=O)c1csc(C(F)(F)F)n1. The highest BCUT2D eigenvalue weighted by Crippen LogP contribution is 2.31. The van der Waals surface area contributed by atoms with Crippen LogP contribution in [0.2, 0.25) is 0 Å². The van der Waals surface area contributed by atoms with Crippen LogP contribution in [0.5, 0.6) is 0 Å². The molecule has 0 unspecified atom stereocenters. The average molecular weight is 224 g/mol. The molecule has 0 saturated carbocycles. The highest BCUT2D eigenvalue weighted by atomic mass is 32.1. The van der Waals surface area contributed by atoms with E-state index in [4.69, 9.17) is 0 Å². The maximum atomic E-state index is 12.1. The van der Waals surface area contributed by atoms with Crippen LogP contribution in [0.4, 0.5) is 13.2 Å². The van der Waals surface area contributed by atoms with Gasteiger partial charge in [-0.05, 0) is 6.92 Å². The molecule has 3 nitrogen and oxygen atoms in total. The van der Waals surface area contributed by atoms with Crippen molar-refractivity contribution >= 4 is 17.2 Å². The number of nitrogens with one attached hydrogen (secondary N) is 1. The second kappa shape index (κ2) is 3.95. The van der Waals surface area contributed by atoms with Crippen molar-refractivity contribution in [1.29, 1.82) is 0 Å². The smallest absolute Gasteiger partial charge is 0.351 e. The van der Waals surface area contributed by atoms with E-state index in [0.29, 0.717) is 17.9 Å². The number of carbonyl (C=O) groups is 1. The molecule has 14 heavy (non-hydrogen) atoms. The molecular formula is C7H7F3N2OS. The fourth-order valence-corrected chi connectivity index (χ4v) is 1.43. The van der Waals surface area contributed by atoms with Crippen LogP contribution in [-0.2, 0) is 6.18 Å².